The first-order valence-electron chi connectivity index (χ1n) is 8.68. The molecule has 0 unspecified atom stereocenters. The molecular formula is C18H22N4O4. The van der Waals surface area contributed by atoms with Gasteiger partial charge in [0.25, 0.3) is 5.69 Å². The average Bonchev–Trinajstić information content (AvgIpc) is 3.10. The van der Waals surface area contributed by atoms with Gasteiger partial charge in [-0.05, 0) is 38.0 Å². The Morgan fingerprint density at radius 1 is 1.35 bits per heavy atom. The Bertz CT molecular complexity index is 809. The van der Waals surface area contributed by atoms with Gasteiger partial charge in [0.1, 0.15) is 5.69 Å². The number of carbonyl (C=O) groups is 1. The van der Waals surface area contributed by atoms with Crippen LogP contribution < -0.4 is 4.90 Å². The van der Waals surface area contributed by atoms with Crippen molar-refractivity contribution in [2.75, 3.05) is 24.6 Å². The maximum Gasteiger partial charge on any atom is 0.293 e. The summed E-state index contributed by atoms with van der Waals surface area (Å²) in [7, 11) is 0. The van der Waals surface area contributed by atoms with Crippen molar-refractivity contribution in [2.45, 2.75) is 32.2 Å². The third-order valence-electron chi connectivity index (χ3n) is 4.89. The lowest BCUT2D eigenvalue weighted by Crippen LogP contribution is -2.34. The highest BCUT2D eigenvalue weighted by molar-refractivity contribution is 5.95. The van der Waals surface area contributed by atoms with E-state index in [1.165, 1.54) is 13.0 Å². The zero-order chi connectivity index (χ0) is 18.7. The van der Waals surface area contributed by atoms with Crippen molar-refractivity contribution in [3.05, 3.63) is 51.8 Å². The Balaban J connectivity index is 1.76. The van der Waals surface area contributed by atoms with Crippen LogP contribution in [-0.2, 0) is 6.54 Å². The third kappa shape index (κ3) is 3.60. The SMILES string of the molecule is CC(=O)c1ccc(N2CCC(c3ccnn3CCO)CC2)c([N+](=O)[O-])c1. The number of rotatable bonds is 6. The predicted octanol–water partition coefficient (Wildman–Crippen LogP) is 2.37. The normalized spacial score (nSPS) is 15.2. The second kappa shape index (κ2) is 7.65. The number of benzene rings is 1. The Morgan fingerprint density at radius 2 is 2.08 bits per heavy atom. The highest BCUT2D eigenvalue weighted by atomic mass is 16.6. The number of aliphatic hydroxyl groups is 1. The van der Waals surface area contributed by atoms with Crippen molar-refractivity contribution in [2.24, 2.45) is 0 Å². The molecule has 2 aromatic rings. The highest BCUT2D eigenvalue weighted by Crippen LogP contribution is 2.35. The first-order chi connectivity index (χ1) is 12.5. The molecule has 138 valence electrons. The van der Waals surface area contributed by atoms with Gasteiger partial charge in [-0.15, -0.1) is 0 Å². The molecule has 0 spiro atoms. The lowest BCUT2D eigenvalue weighted by molar-refractivity contribution is -0.384. The standard InChI is InChI=1S/C18H22N4O4/c1-13(24)15-2-3-17(18(12-15)22(25)26)20-8-5-14(6-9-20)16-4-7-19-21(16)10-11-23/h2-4,7,12,14,23H,5-6,8-11H2,1H3. The summed E-state index contributed by atoms with van der Waals surface area (Å²) in [6.45, 7) is 3.30. The molecule has 0 bridgehead atoms. The number of piperidine rings is 1. The van der Waals surface area contributed by atoms with E-state index in [9.17, 15) is 14.9 Å². The molecular weight excluding hydrogens is 336 g/mol. The molecule has 0 aliphatic carbocycles. The van der Waals surface area contributed by atoms with Gasteiger partial charge in [-0.2, -0.15) is 5.10 Å². The Kier molecular flexibility index (Phi) is 5.32. The van der Waals surface area contributed by atoms with E-state index in [-0.39, 0.29) is 18.1 Å². The quantitative estimate of drug-likeness (QED) is 0.483. The van der Waals surface area contributed by atoms with E-state index in [2.05, 4.69) is 5.10 Å². The molecule has 0 saturated carbocycles. The topological polar surface area (TPSA) is 102 Å². The zero-order valence-electron chi connectivity index (χ0n) is 14.7. The molecule has 1 aliphatic heterocycles. The molecule has 1 saturated heterocycles. The van der Waals surface area contributed by atoms with Crippen molar-refractivity contribution < 1.29 is 14.8 Å². The van der Waals surface area contributed by atoms with Crippen LogP contribution in [0, 0.1) is 10.1 Å². The lowest BCUT2D eigenvalue weighted by atomic mass is 9.93. The van der Waals surface area contributed by atoms with Crippen molar-refractivity contribution in [1.29, 1.82) is 0 Å². The van der Waals surface area contributed by atoms with Crippen LogP contribution in [-0.4, -0.2) is 45.3 Å². The molecule has 1 aliphatic rings. The summed E-state index contributed by atoms with van der Waals surface area (Å²) in [4.78, 5) is 24.5. The molecule has 0 radical (unpaired) electrons. The molecule has 8 heteroatoms. The summed E-state index contributed by atoms with van der Waals surface area (Å²) >= 11 is 0. The fourth-order valence-corrected chi connectivity index (χ4v) is 3.54. The van der Waals surface area contributed by atoms with Gasteiger partial charge in [0, 0.05) is 42.5 Å². The van der Waals surface area contributed by atoms with Crippen LogP contribution >= 0.6 is 0 Å². The summed E-state index contributed by atoms with van der Waals surface area (Å²) in [5, 5.41) is 24.8. The fraction of sp³-hybridized carbons (Fsp3) is 0.444. The van der Waals surface area contributed by atoms with Crippen LogP contribution in [0.2, 0.25) is 0 Å². The van der Waals surface area contributed by atoms with Crippen LogP contribution in [0.1, 0.15) is 41.7 Å². The Labute approximate surface area is 151 Å². The predicted molar refractivity (Wildman–Crippen MR) is 96.6 cm³/mol. The van der Waals surface area contributed by atoms with Crippen LogP contribution in [0.4, 0.5) is 11.4 Å². The number of aromatic nitrogens is 2. The summed E-state index contributed by atoms with van der Waals surface area (Å²) in [5.74, 6) is 0.131. The number of Topliss-reactive ketones (excluding diaryl/α,β-unsaturated/α-hetero) is 1. The molecule has 0 atom stereocenters. The maximum atomic E-state index is 11.5. The second-order valence-corrected chi connectivity index (χ2v) is 6.48. The van der Waals surface area contributed by atoms with E-state index >= 15 is 0 Å². The van der Waals surface area contributed by atoms with Gasteiger partial charge in [0.2, 0.25) is 0 Å². The molecule has 0 amide bonds. The third-order valence-corrected chi connectivity index (χ3v) is 4.89. The van der Waals surface area contributed by atoms with Gasteiger partial charge in [-0.1, -0.05) is 0 Å². The van der Waals surface area contributed by atoms with Crippen LogP contribution in [0.5, 0.6) is 0 Å². The van der Waals surface area contributed by atoms with Gasteiger partial charge in [0.15, 0.2) is 5.78 Å². The van der Waals surface area contributed by atoms with Crippen molar-refractivity contribution >= 4 is 17.2 Å². The Morgan fingerprint density at radius 3 is 2.69 bits per heavy atom. The van der Waals surface area contributed by atoms with E-state index in [4.69, 9.17) is 5.11 Å². The van der Waals surface area contributed by atoms with Crippen molar-refractivity contribution in [3.63, 3.8) is 0 Å². The first kappa shape index (κ1) is 18.1. The van der Waals surface area contributed by atoms with Crippen LogP contribution in [0.25, 0.3) is 0 Å². The smallest absolute Gasteiger partial charge is 0.293 e. The van der Waals surface area contributed by atoms with Gasteiger partial charge in [-0.3, -0.25) is 19.6 Å². The largest absolute Gasteiger partial charge is 0.394 e. The molecule has 26 heavy (non-hydrogen) atoms. The average molecular weight is 358 g/mol. The summed E-state index contributed by atoms with van der Waals surface area (Å²) in [5.41, 5.74) is 1.98. The Hall–Kier alpha value is -2.74. The molecule has 3 rings (SSSR count). The van der Waals surface area contributed by atoms with E-state index < -0.39 is 4.92 Å². The summed E-state index contributed by atoms with van der Waals surface area (Å²) in [6, 6.07) is 6.65. The molecule has 1 N–H and O–H groups in total. The number of nitro groups is 1. The fourth-order valence-electron chi connectivity index (χ4n) is 3.54. The molecule has 1 aromatic carbocycles. The summed E-state index contributed by atoms with van der Waals surface area (Å²) < 4.78 is 1.82. The number of nitrogens with zero attached hydrogens (tertiary/aromatic N) is 4. The number of ketones is 1. The van der Waals surface area contributed by atoms with Gasteiger partial charge in [-0.25, -0.2) is 0 Å². The number of carbonyl (C=O) groups excluding carboxylic acids is 1. The number of hydrogen-bond acceptors (Lipinski definition) is 6. The number of hydrogen-bond donors (Lipinski definition) is 1. The van der Waals surface area contributed by atoms with E-state index in [0.717, 1.165) is 18.5 Å². The minimum Gasteiger partial charge on any atom is -0.394 e. The monoisotopic (exact) mass is 358 g/mol. The van der Waals surface area contributed by atoms with Gasteiger partial charge in [0.05, 0.1) is 18.1 Å². The number of nitro benzene ring substituents is 1. The number of aliphatic hydroxyl groups excluding tert-OH is 1. The van der Waals surface area contributed by atoms with Gasteiger partial charge >= 0.3 is 0 Å². The molecule has 2 heterocycles. The zero-order valence-corrected chi connectivity index (χ0v) is 14.7. The molecule has 1 aromatic heterocycles. The first-order valence-corrected chi connectivity index (χ1v) is 8.68. The number of anilines is 1. The van der Waals surface area contributed by atoms with Crippen LogP contribution in [0.3, 0.4) is 0 Å². The maximum absolute atomic E-state index is 11.5. The van der Waals surface area contributed by atoms with Crippen molar-refractivity contribution in [1.82, 2.24) is 9.78 Å². The van der Waals surface area contributed by atoms with Crippen LogP contribution in [0.15, 0.2) is 30.5 Å². The van der Waals surface area contributed by atoms with E-state index in [0.29, 0.717) is 36.8 Å². The van der Waals surface area contributed by atoms with E-state index in [1.54, 1.807) is 18.3 Å². The minimum atomic E-state index is -0.426. The van der Waals surface area contributed by atoms with E-state index in [1.807, 2.05) is 15.6 Å². The minimum absolute atomic E-state index is 0.0264. The second-order valence-electron chi connectivity index (χ2n) is 6.48. The molecule has 8 nitrogen and oxygen atoms in total. The summed E-state index contributed by atoms with van der Waals surface area (Å²) in [6.07, 6.45) is 3.44. The van der Waals surface area contributed by atoms with Crippen molar-refractivity contribution in [3.8, 4) is 0 Å². The van der Waals surface area contributed by atoms with Gasteiger partial charge < -0.3 is 10.0 Å². The molecule has 1 fully saturated rings. The lowest BCUT2D eigenvalue weighted by Gasteiger charge is -2.33. The highest BCUT2D eigenvalue weighted by Gasteiger charge is 2.27.